The van der Waals surface area contributed by atoms with Crippen molar-refractivity contribution in [3.05, 3.63) is 35.4 Å². The number of hydrogen-bond acceptors (Lipinski definition) is 1. The van der Waals surface area contributed by atoms with Crippen molar-refractivity contribution in [1.29, 1.82) is 0 Å². The van der Waals surface area contributed by atoms with Crippen LogP contribution in [0.25, 0.3) is 0 Å². The smallest absolute Gasteiger partial charge is 0.159 e. The van der Waals surface area contributed by atoms with E-state index in [1.54, 1.807) is 6.07 Å². The van der Waals surface area contributed by atoms with E-state index in [-0.39, 0.29) is 0 Å². The summed E-state index contributed by atoms with van der Waals surface area (Å²) in [6, 6.07) is 4.85. The zero-order valence-corrected chi connectivity index (χ0v) is 13.2. The van der Waals surface area contributed by atoms with Gasteiger partial charge in [-0.05, 0) is 55.3 Å². The largest absolute Gasteiger partial charge is 0.314 e. The van der Waals surface area contributed by atoms with E-state index in [1.807, 2.05) is 0 Å². The highest BCUT2D eigenvalue weighted by atomic mass is 19.2. The molecule has 1 aromatic carbocycles. The predicted molar refractivity (Wildman–Crippen MR) is 83.3 cm³/mol. The van der Waals surface area contributed by atoms with Gasteiger partial charge in [-0.1, -0.05) is 39.2 Å². The summed E-state index contributed by atoms with van der Waals surface area (Å²) >= 11 is 0. The maximum Gasteiger partial charge on any atom is 0.159 e. The molecule has 1 aliphatic rings. The first-order valence-corrected chi connectivity index (χ1v) is 8.23. The summed E-state index contributed by atoms with van der Waals surface area (Å²) in [5.41, 5.74) is 0.926. The number of nitrogens with one attached hydrogen (secondary N) is 1. The molecule has 0 spiro atoms. The zero-order chi connectivity index (χ0) is 15.2. The van der Waals surface area contributed by atoms with Crippen LogP contribution in [0, 0.1) is 23.5 Å². The molecule has 1 aliphatic carbocycles. The minimum atomic E-state index is -0.752. The molecule has 0 amide bonds. The summed E-state index contributed by atoms with van der Waals surface area (Å²) in [5, 5.41) is 3.55. The molecule has 1 N–H and O–H groups in total. The Balaban J connectivity index is 2.03. The van der Waals surface area contributed by atoms with E-state index < -0.39 is 11.6 Å². The lowest BCUT2D eigenvalue weighted by Gasteiger charge is -2.26. The van der Waals surface area contributed by atoms with Crippen LogP contribution in [-0.2, 0) is 6.42 Å². The summed E-state index contributed by atoms with van der Waals surface area (Å²) in [4.78, 5) is 0. The van der Waals surface area contributed by atoms with Crippen molar-refractivity contribution < 1.29 is 8.78 Å². The van der Waals surface area contributed by atoms with Crippen LogP contribution in [0.1, 0.15) is 51.5 Å². The lowest BCUT2D eigenvalue weighted by molar-refractivity contribution is 0.290. The van der Waals surface area contributed by atoms with Crippen molar-refractivity contribution in [3.8, 4) is 0 Å². The lowest BCUT2D eigenvalue weighted by atomic mass is 9.83. The zero-order valence-electron chi connectivity index (χ0n) is 13.2. The predicted octanol–water partition coefficient (Wildman–Crippen LogP) is 4.70. The summed E-state index contributed by atoms with van der Waals surface area (Å²) in [6.07, 6.45) is 7.15. The first-order valence-electron chi connectivity index (χ1n) is 8.23. The van der Waals surface area contributed by atoms with Gasteiger partial charge in [-0.25, -0.2) is 8.78 Å². The van der Waals surface area contributed by atoms with Gasteiger partial charge in [0.25, 0.3) is 0 Å². The molecule has 2 unspecified atom stereocenters. The number of hydrogen-bond donors (Lipinski definition) is 1. The third-order valence-corrected chi connectivity index (χ3v) is 4.59. The monoisotopic (exact) mass is 295 g/mol. The molecule has 21 heavy (non-hydrogen) atoms. The molecular weight excluding hydrogens is 268 g/mol. The minimum absolute atomic E-state index is 0.497. The molecule has 1 nitrogen and oxygen atoms in total. The topological polar surface area (TPSA) is 12.0 Å². The van der Waals surface area contributed by atoms with Gasteiger partial charge in [0, 0.05) is 6.04 Å². The van der Waals surface area contributed by atoms with E-state index in [0.717, 1.165) is 18.5 Å². The molecule has 0 heterocycles. The second-order valence-corrected chi connectivity index (χ2v) is 6.67. The van der Waals surface area contributed by atoms with Crippen molar-refractivity contribution in [2.45, 2.75) is 58.4 Å². The van der Waals surface area contributed by atoms with Crippen LogP contribution < -0.4 is 5.32 Å². The third-order valence-electron chi connectivity index (χ3n) is 4.59. The Hall–Kier alpha value is -0.960. The van der Waals surface area contributed by atoms with Crippen LogP contribution in [0.3, 0.4) is 0 Å². The maximum absolute atomic E-state index is 13.4. The summed E-state index contributed by atoms with van der Waals surface area (Å²) < 4.78 is 26.4. The fourth-order valence-corrected chi connectivity index (χ4v) is 3.36. The van der Waals surface area contributed by atoms with Crippen LogP contribution in [-0.4, -0.2) is 12.6 Å². The highest BCUT2D eigenvalue weighted by Gasteiger charge is 2.24. The maximum atomic E-state index is 13.4. The second-order valence-electron chi connectivity index (χ2n) is 6.67. The van der Waals surface area contributed by atoms with Gasteiger partial charge in [-0.15, -0.1) is 0 Å². The average molecular weight is 295 g/mol. The highest BCUT2D eigenvalue weighted by Crippen LogP contribution is 2.31. The van der Waals surface area contributed by atoms with Crippen molar-refractivity contribution in [2.75, 3.05) is 6.54 Å². The summed E-state index contributed by atoms with van der Waals surface area (Å²) in [5.74, 6) is -0.262. The van der Waals surface area contributed by atoms with E-state index in [4.69, 9.17) is 0 Å². The molecule has 3 heteroatoms. The van der Waals surface area contributed by atoms with Crippen LogP contribution in [0.2, 0.25) is 0 Å². The average Bonchev–Trinajstić information content (AvgIpc) is 2.66. The number of halogens is 2. The summed E-state index contributed by atoms with van der Waals surface area (Å²) in [7, 11) is 0. The standard InChI is InChI=1S/C18H27F2N/c1-13(2)21-12-16-7-5-3-4-6-15(16)10-14-8-9-17(19)18(20)11-14/h8-9,11,13,15-16,21H,3-7,10,12H2,1-2H3. The van der Waals surface area contributed by atoms with Gasteiger partial charge < -0.3 is 5.32 Å². The van der Waals surface area contributed by atoms with Gasteiger partial charge in [0.1, 0.15) is 0 Å². The third kappa shape index (κ3) is 5.06. The van der Waals surface area contributed by atoms with Crippen molar-refractivity contribution in [1.82, 2.24) is 5.32 Å². The Kier molecular flexibility index (Phi) is 6.16. The fourth-order valence-electron chi connectivity index (χ4n) is 3.36. The fraction of sp³-hybridized carbons (Fsp3) is 0.667. The SMILES string of the molecule is CC(C)NCC1CCCCCC1Cc1ccc(F)c(F)c1. The van der Waals surface area contributed by atoms with Crippen LogP contribution in [0.5, 0.6) is 0 Å². The Morgan fingerprint density at radius 1 is 1.05 bits per heavy atom. The van der Waals surface area contributed by atoms with Crippen molar-refractivity contribution >= 4 is 0 Å². The van der Waals surface area contributed by atoms with E-state index in [2.05, 4.69) is 19.2 Å². The molecule has 0 bridgehead atoms. The summed E-state index contributed by atoms with van der Waals surface area (Å²) in [6.45, 7) is 5.37. The van der Waals surface area contributed by atoms with Crippen LogP contribution in [0.15, 0.2) is 18.2 Å². The van der Waals surface area contributed by atoms with E-state index in [0.29, 0.717) is 17.9 Å². The Labute approximate surface area is 127 Å². The first-order chi connectivity index (χ1) is 10.1. The van der Waals surface area contributed by atoms with E-state index in [9.17, 15) is 8.78 Å². The van der Waals surface area contributed by atoms with Gasteiger partial charge in [0.15, 0.2) is 11.6 Å². The molecule has 1 saturated carbocycles. The molecule has 0 aromatic heterocycles. The Morgan fingerprint density at radius 2 is 1.76 bits per heavy atom. The minimum Gasteiger partial charge on any atom is -0.314 e. The van der Waals surface area contributed by atoms with Gasteiger partial charge in [-0.3, -0.25) is 0 Å². The second kappa shape index (κ2) is 7.88. The molecule has 0 radical (unpaired) electrons. The molecule has 2 atom stereocenters. The van der Waals surface area contributed by atoms with Gasteiger partial charge in [-0.2, -0.15) is 0 Å². The lowest BCUT2D eigenvalue weighted by Crippen LogP contribution is -2.33. The van der Waals surface area contributed by atoms with Crippen LogP contribution >= 0.6 is 0 Å². The van der Waals surface area contributed by atoms with Gasteiger partial charge in [0.2, 0.25) is 0 Å². The number of benzene rings is 1. The van der Waals surface area contributed by atoms with E-state index in [1.165, 1.54) is 44.2 Å². The Bertz CT molecular complexity index is 445. The number of rotatable bonds is 5. The molecule has 1 fully saturated rings. The quantitative estimate of drug-likeness (QED) is 0.776. The Morgan fingerprint density at radius 3 is 2.43 bits per heavy atom. The molecule has 0 saturated heterocycles. The normalized spacial score (nSPS) is 23.3. The van der Waals surface area contributed by atoms with Gasteiger partial charge >= 0.3 is 0 Å². The molecule has 1 aromatic rings. The molecular formula is C18H27F2N. The van der Waals surface area contributed by atoms with Crippen LogP contribution in [0.4, 0.5) is 8.78 Å². The highest BCUT2D eigenvalue weighted by molar-refractivity contribution is 5.18. The molecule has 2 rings (SSSR count). The van der Waals surface area contributed by atoms with Gasteiger partial charge in [0.05, 0.1) is 0 Å². The molecule has 0 aliphatic heterocycles. The van der Waals surface area contributed by atoms with Crippen molar-refractivity contribution in [2.24, 2.45) is 11.8 Å². The molecule has 118 valence electrons. The van der Waals surface area contributed by atoms with E-state index >= 15 is 0 Å². The van der Waals surface area contributed by atoms with Crippen molar-refractivity contribution in [3.63, 3.8) is 0 Å². The first kappa shape index (κ1) is 16.4.